The Morgan fingerprint density at radius 3 is 2.08 bits per heavy atom. The third-order valence-electron chi connectivity index (χ3n) is 5.27. The molecule has 0 bridgehead atoms. The minimum atomic E-state index is -0.111. The van der Waals surface area contributed by atoms with Crippen LogP contribution in [-0.2, 0) is 14.3 Å². The van der Waals surface area contributed by atoms with Gasteiger partial charge in [-0.2, -0.15) is 0 Å². The summed E-state index contributed by atoms with van der Waals surface area (Å²) in [6.45, 7) is 2.61. The predicted molar refractivity (Wildman–Crippen MR) is 107 cm³/mol. The van der Waals surface area contributed by atoms with Gasteiger partial charge in [0.2, 0.25) is 5.91 Å². The van der Waals surface area contributed by atoms with Gasteiger partial charge in [-0.15, -0.1) is 0 Å². The largest absolute Gasteiger partial charge is 0.466 e. The predicted octanol–water partition coefficient (Wildman–Crippen LogP) is 5.68. The van der Waals surface area contributed by atoms with E-state index in [1.165, 1.54) is 64.2 Å². The van der Waals surface area contributed by atoms with Gasteiger partial charge in [0.15, 0.2) is 0 Å². The van der Waals surface area contributed by atoms with Gasteiger partial charge in [0.1, 0.15) is 0 Å². The fraction of sp³-hybridized carbons (Fsp3) is 0.909. The van der Waals surface area contributed by atoms with Crippen LogP contribution in [0.5, 0.6) is 0 Å². The molecule has 0 saturated heterocycles. The molecular weight excluding hydrogens is 326 g/mol. The van der Waals surface area contributed by atoms with Gasteiger partial charge in [-0.3, -0.25) is 9.59 Å². The van der Waals surface area contributed by atoms with E-state index >= 15 is 0 Å². The van der Waals surface area contributed by atoms with Crippen molar-refractivity contribution < 1.29 is 14.3 Å². The molecular formula is C22H41NO3. The Kier molecular flexibility index (Phi) is 14.3. The monoisotopic (exact) mass is 367 g/mol. The van der Waals surface area contributed by atoms with Crippen molar-refractivity contribution in [2.45, 2.75) is 122 Å². The molecule has 0 aromatic carbocycles. The molecule has 0 unspecified atom stereocenters. The molecule has 4 heteroatoms. The molecule has 1 fully saturated rings. The zero-order chi connectivity index (χ0) is 18.9. The lowest BCUT2D eigenvalue weighted by Crippen LogP contribution is -2.36. The topological polar surface area (TPSA) is 55.4 Å². The fourth-order valence-corrected chi connectivity index (χ4v) is 3.62. The Morgan fingerprint density at radius 1 is 0.808 bits per heavy atom. The summed E-state index contributed by atoms with van der Waals surface area (Å²) in [7, 11) is 0. The van der Waals surface area contributed by atoms with E-state index in [1.54, 1.807) is 0 Å². The molecule has 1 aliphatic rings. The summed E-state index contributed by atoms with van der Waals surface area (Å²) in [4.78, 5) is 23.5. The number of carbonyl (C=O) groups excluding carboxylic acids is 2. The Bertz CT molecular complexity index is 364. The zero-order valence-electron chi connectivity index (χ0n) is 17.0. The lowest BCUT2D eigenvalue weighted by atomic mass is 9.95. The number of ether oxygens (including phenoxy) is 1. The Balaban J connectivity index is 1.85. The van der Waals surface area contributed by atoms with Gasteiger partial charge >= 0.3 is 5.97 Å². The van der Waals surface area contributed by atoms with Crippen molar-refractivity contribution in [3.8, 4) is 0 Å². The van der Waals surface area contributed by atoms with Crippen LogP contribution in [0.15, 0.2) is 0 Å². The maximum Gasteiger partial charge on any atom is 0.305 e. The maximum absolute atomic E-state index is 11.9. The first kappa shape index (κ1) is 23.0. The average Bonchev–Trinajstić information content (AvgIpc) is 2.65. The smallest absolute Gasteiger partial charge is 0.305 e. The van der Waals surface area contributed by atoms with Crippen molar-refractivity contribution >= 4 is 11.9 Å². The molecule has 0 radical (unpaired) electrons. The summed E-state index contributed by atoms with van der Waals surface area (Å²) >= 11 is 0. The Hall–Kier alpha value is -1.06. The van der Waals surface area contributed by atoms with Crippen LogP contribution < -0.4 is 5.32 Å². The Morgan fingerprint density at radius 2 is 1.42 bits per heavy atom. The van der Waals surface area contributed by atoms with E-state index in [0.717, 1.165) is 25.7 Å². The third kappa shape index (κ3) is 13.2. The van der Waals surface area contributed by atoms with Gasteiger partial charge in [0.05, 0.1) is 6.61 Å². The fourth-order valence-electron chi connectivity index (χ4n) is 3.62. The van der Waals surface area contributed by atoms with Gasteiger partial charge in [-0.05, 0) is 25.7 Å². The van der Waals surface area contributed by atoms with Gasteiger partial charge in [-0.1, -0.05) is 77.6 Å². The molecule has 1 saturated carbocycles. The third-order valence-corrected chi connectivity index (χ3v) is 5.27. The van der Waals surface area contributed by atoms with Crippen LogP contribution in [0.1, 0.15) is 116 Å². The van der Waals surface area contributed by atoms with E-state index in [0.29, 0.717) is 31.9 Å². The number of hydrogen-bond donors (Lipinski definition) is 1. The first-order chi connectivity index (χ1) is 12.7. The lowest BCUT2D eigenvalue weighted by Gasteiger charge is -2.22. The SMILES string of the molecule is CCCCCCCCCCCC(=O)OCCCC(=O)NC1CCCCC1. The van der Waals surface area contributed by atoms with Gasteiger partial charge in [-0.25, -0.2) is 0 Å². The van der Waals surface area contributed by atoms with Crippen molar-refractivity contribution in [3.05, 3.63) is 0 Å². The second-order valence-corrected chi connectivity index (χ2v) is 7.80. The van der Waals surface area contributed by atoms with Crippen LogP contribution in [0, 0.1) is 0 Å². The molecule has 1 amide bonds. The summed E-state index contributed by atoms with van der Waals surface area (Å²) < 4.78 is 5.24. The summed E-state index contributed by atoms with van der Waals surface area (Å²) in [5.41, 5.74) is 0. The number of unbranched alkanes of at least 4 members (excludes halogenated alkanes) is 8. The highest BCUT2D eigenvalue weighted by molar-refractivity contribution is 5.76. The normalized spacial score (nSPS) is 15.0. The average molecular weight is 368 g/mol. The molecule has 0 aromatic rings. The van der Waals surface area contributed by atoms with Crippen LogP contribution in [0.3, 0.4) is 0 Å². The molecule has 152 valence electrons. The molecule has 0 atom stereocenters. The van der Waals surface area contributed by atoms with Crippen LogP contribution in [0.4, 0.5) is 0 Å². The number of nitrogens with one attached hydrogen (secondary N) is 1. The van der Waals surface area contributed by atoms with Crippen molar-refractivity contribution in [2.75, 3.05) is 6.61 Å². The van der Waals surface area contributed by atoms with Crippen LogP contribution in [0.25, 0.3) is 0 Å². The standard InChI is InChI=1S/C22H41NO3/c1-2-3-4-5-6-7-8-9-13-18-22(25)26-19-14-17-21(24)23-20-15-11-10-12-16-20/h20H,2-19H2,1H3,(H,23,24). The molecule has 4 nitrogen and oxygen atoms in total. The Labute approximate surface area is 160 Å². The maximum atomic E-state index is 11.9. The summed E-state index contributed by atoms with van der Waals surface area (Å²) in [6, 6.07) is 0.366. The molecule has 0 aromatic heterocycles. The highest BCUT2D eigenvalue weighted by Crippen LogP contribution is 2.17. The van der Waals surface area contributed by atoms with Crippen LogP contribution >= 0.6 is 0 Å². The number of esters is 1. The van der Waals surface area contributed by atoms with E-state index in [2.05, 4.69) is 12.2 Å². The molecule has 26 heavy (non-hydrogen) atoms. The highest BCUT2D eigenvalue weighted by Gasteiger charge is 2.15. The zero-order valence-corrected chi connectivity index (χ0v) is 17.0. The highest BCUT2D eigenvalue weighted by atomic mass is 16.5. The molecule has 0 heterocycles. The molecule has 1 N–H and O–H groups in total. The first-order valence-corrected chi connectivity index (χ1v) is 11.2. The van der Waals surface area contributed by atoms with Gasteiger partial charge < -0.3 is 10.1 Å². The second kappa shape index (κ2) is 16.1. The van der Waals surface area contributed by atoms with Gasteiger partial charge in [0.25, 0.3) is 0 Å². The quantitative estimate of drug-likeness (QED) is 0.299. The van der Waals surface area contributed by atoms with E-state index in [-0.39, 0.29) is 11.9 Å². The van der Waals surface area contributed by atoms with E-state index in [1.807, 2.05) is 0 Å². The lowest BCUT2D eigenvalue weighted by molar-refractivity contribution is -0.144. The summed E-state index contributed by atoms with van der Waals surface area (Å²) in [5, 5.41) is 3.10. The number of rotatable bonds is 15. The minimum Gasteiger partial charge on any atom is -0.466 e. The van der Waals surface area contributed by atoms with Crippen molar-refractivity contribution in [3.63, 3.8) is 0 Å². The van der Waals surface area contributed by atoms with Crippen molar-refractivity contribution in [1.82, 2.24) is 5.32 Å². The molecule has 0 spiro atoms. The van der Waals surface area contributed by atoms with Crippen molar-refractivity contribution in [1.29, 1.82) is 0 Å². The molecule has 1 aliphatic carbocycles. The number of carbonyl (C=O) groups is 2. The number of hydrogen-bond acceptors (Lipinski definition) is 3. The van der Waals surface area contributed by atoms with Crippen molar-refractivity contribution in [2.24, 2.45) is 0 Å². The molecule has 1 rings (SSSR count). The minimum absolute atomic E-state index is 0.104. The summed E-state index contributed by atoms with van der Waals surface area (Å²) in [5.74, 6) is -0.00693. The van der Waals surface area contributed by atoms with Crippen LogP contribution in [-0.4, -0.2) is 24.5 Å². The van der Waals surface area contributed by atoms with E-state index in [4.69, 9.17) is 4.74 Å². The molecule has 0 aliphatic heterocycles. The first-order valence-electron chi connectivity index (χ1n) is 11.2. The van der Waals surface area contributed by atoms with Gasteiger partial charge in [0, 0.05) is 18.9 Å². The van der Waals surface area contributed by atoms with Crippen LogP contribution in [0.2, 0.25) is 0 Å². The van der Waals surface area contributed by atoms with E-state index < -0.39 is 0 Å². The number of amides is 1. The second-order valence-electron chi connectivity index (χ2n) is 7.80. The van der Waals surface area contributed by atoms with E-state index in [9.17, 15) is 9.59 Å². The summed E-state index contributed by atoms with van der Waals surface area (Å²) in [6.07, 6.45) is 18.8.